The first-order chi connectivity index (χ1) is 13.7. The minimum Gasteiger partial charge on any atom is -0.444 e. The number of ether oxygens (including phenoxy) is 1. The second kappa shape index (κ2) is 11.9. The predicted molar refractivity (Wildman–Crippen MR) is 127 cm³/mol. The second-order valence-corrected chi connectivity index (χ2v) is 8.19. The lowest BCUT2D eigenvalue weighted by Gasteiger charge is -2.31. The van der Waals surface area contributed by atoms with Crippen LogP contribution in [0.1, 0.15) is 52.0 Å². The Morgan fingerprint density at radius 1 is 1.20 bits per heavy atom. The zero-order chi connectivity index (χ0) is 21.4. The maximum Gasteiger partial charge on any atom is 0.407 e. The number of carbonyl (C=O) groups is 1. The number of amides is 1. The zero-order valence-electron chi connectivity index (χ0n) is 17.9. The van der Waals surface area contributed by atoms with Gasteiger partial charge in [-0.3, -0.25) is 15.1 Å². The summed E-state index contributed by atoms with van der Waals surface area (Å²) in [6.45, 7) is 5.98. The van der Waals surface area contributed by atoms with Gasteiger partial charge < -0.3 is 20.7 Å². The lowest BCUT2D eigenvalue weighted by Crippen LogP contribution is -2.47. The van der Waals surface area contributed by atoms with E-state index in [9.17, 15) is 14.9 Å². The van der Waals surface area contributed by atoms with Gasteiger partial charge in [0.1, 0.15) is 5.60 Å². The van der Waals surface area contributed by atoms with Crippen LogP contribution in [-0.2, 0) is 11.3 Å². The van der Waals surface area contributed by atoms with Crippen LogP contribution >= 0.6 is 24.0 Å². The van der Waals surface area contributed by atoms with Crippen molar-refractivity contribution in [3.63, 3.8) is 0 Å². The number of non-ortho nitro benzene ring substituents is 1. The lowest BCUT2D eigenvalue weighted by atomic mass is 9.91. The van der Waals surface area contributed by atoms with Crippen LogP contribution in [0, 0.1) is 10.1 Å². The molecular weight excluding hydrogens is 501 g/mol. The quantitative estimate of drug-likeness (QED) is 0.175. The molecule has 1 saturated carbocycles. The van der Waals surface area contributed by atoms with Crippen molar-refractivity contribution in [2.24, 2.45) is 4.99 Å². The van der Waals surface area contributed by atoms with Gasteiger partial charge in [0.15, 0.2) is 5.96 Å². The molecule has 30 heavy (non-hydrogen) atoms. The molecule has 1 aliphatic rings. The van der Waals surface area contributed by atoms with Gasteiger partial charge in [0.2, 0.25) is 0 Å². The third-order valence-corrected chi connectivity index (χ3v) is 4.59. The minimum atomic E-state index is -0.500. The summed E-state index contributed by atoms with van der Waals surface area (Å²) < 4.78 is 5.31. The Hall–Kier alpha value is -2.11. The van der Waals surface area contributed by atoms with Crippen molar-refractivity contribution >= 4 is 41.7 Å². The number of guanidine groups is 1. The summed E-state index contributed by atoms with van der Waals surface area (Å²) in [6, 6.07) is 6.89. The molecule has 0 aromatic heterocycles. The molecule has 0 heterocycles. The van der Waals surface area contributed by atoms with Crippen molar-refractivity contribution in [1.82, 2.24) is 16.0 Å². The average molecular weight is 533 g/mol. The Morgan fingerprint density at radius 2 is 1.80 bits per heavy atom. The summed E-state index contributed by atoms with van der Waals surface area (Å²) in [5.74, 6) is 0.653. The fraction of sp³-hybridized carbons (Fsp3) is 0.600. The molecule has 1 aromatic carbocycles. The van der Waals surface area contributed by atoms with Gasteiger partial charge in [-0.15, -0.1) is 24.0 Å². The summed E-state index contributed by atoms with van der Waals surface area (Å²) >= 11 is 0. The van der Waals surface area contributed by atoms with Crippen LogP contribution in [0.3, 0.4) is 0 Å². The topological polar surface area (TPSA) is 118 Å². The van der Waals surface area contributed by atoms with Gasteiger partial charge in [-0.2, -0.15) is 0 Å². The summed E-state index contributed by atoms with van der Waals surface area (Å²) in [6.07, 6.45) is 3.15. The van der Waals surface area contributed by atoms with E-state index >= 15 is 0 Å². The van der Waals surface area contributed by atoms with E-state index in [1.165, 1.54) is 6.07 Å². The first kappa shape index (κ1) is 25.9. The highest BCUT2D eigenvalue weighted by atomic mass is 127. The highest BCUT2D eigenvalue weighted by molar-refractivity contribution is 14.0. The molecule has 9 nitrogen and oxygen atoms in total. The Bertz CT molecular complexity index is 743. The van der Waals surface area contributed by atoms with Gasteiger partial charge in [0.25, 0.3) is 5.69 Å². The van der Waals surface area contributed by atoms with Gasteiger partial charge in [-0.05, 0) is 52.0 Å². The third-order valence-electron chi connectivity index (χ3n) is 4.59. The first-order valence-electron chi connectivity index (χ1n) is 9.86. The molecule has 0 spiro atoms. The van der Waals surface area contributed by atoms with Crippen molar-refractivity contribution < 1.29 is 14.5 Å². The van der Waals surface area contributed by atoms with Gasteiger partial charge >= 0.3 is 6.09 Å². The third kappa shape index (κ3) is 9.14. The molecule has 10 heteroatoms. The molecule has 168 valence electrons. The number of benzene rings is 1. The molecule has 0 unspecified atom stereocenters. The molecule has 1 aliphatic carbocycles. The molecule has 0 saturated heterocycles. The molecule has 1 aromatic rings. The van der Waals surface area contributed by atoms with Crippen LogP contribution in [0.15, 0.2) is 29.3 Å². The van der Waals surface area contributed by atoms with Crippen LogP contribution in [0.4, 0.5) is 10.5 Å². The minimum absolute atomic E-state index is 0. The number of hydrogen-bond acceptors (Lipinski definition) is 5. The van der Waals surface area contributed by atoms with E-state index in [2.05, 4.69) is 20.9 Å². The van der Waals surface area contributed by atoms with Crippen molar-refractivity contribution in [3.05, 3.63) is 39.9 Å². The number of nitro groups is 1. The van der Waals surface area contributed by atoms with E-state index < -0.39 is 10.5 Å². The van der Waals surface area contributed by atoms with E-state index in [0.717, 1.165) is 31.2 Å². The summed E-state index contributed by atoms with van der Waals surface area (Å²) in [7, 11) is 1.69. The maximum absolute atomic E-state index is 11.9. The number of aliphatic imine (C=N–C) groups is 1. The number of carbonyl (C=O) groups excluding carboxylic acids is 1. The largest absolute Gasteiger partial charge is 0.444 e. The van der Waals surface area contributed by atoms with Gasteiger partial charge in [-0.25, -0.2) is 4.79 Å². The van der Waals surface area contributed by atoms with Crippen molar-refractivity contribution in [2.75, 3.05) is 7.05 Å². The van der Waals surface area contributed by atoms with E-state index in [-0.39, 0.29) is 47.8 Å². The average Bonchev–Trinajstić information content (AvgIpc) is 2.65. The highest BCUT2D eigenvalue weighted by Gasteiger charge is 2.25. The van der Waals surface area contributed by atoms with E-state index in [4.69, 9.17) is 4.74 Å². The van der Waals surface area contributed by atoms with Crippen molar-refractivity contribution in [2.45, 2.75) is 70.7 Å². The number of halogens is 1. The first-order valence-corrected chi connectivity index (χ1v) is 9.86. The monoisotopic (exact) mass is 533 g/mol. The van der Waals surface area contributed by atoms with Gasteiger partial charge in [0.05, 0.1) is 4.92 Å². The van der Waals surface area contributed by atoms with Crippen molar-refractivity contribution in [3.8, 4) is 0 Å². The molecule has 1 fully saturated rings. The number of nitro benzene ring substituents is 1. The molecule has 0 bridgehead atoms. The Morgan fingerprint density at radius 3 is 2.33 bits per heavy atom. The van der Waals surface area contributed by atoms with Crippen LogP contribution in [-0.4, -0.2) is 41.7 Å². The van der Waals surface area contributed by atoms with E-state index in [1.54, 1.807) is 19.2 Å². The number of rotatable bonds is 5. The molecule has 0 radical (unpaired) electrons. The number of nitrogens with one attached hydrogen (secondary N) is 3. The van der Waals surface area contributed by atoms with Crippen molar-refractivity contribution in [1.29, 1.82) is 0 Å². The maximum atomic E-state index is 11.9. The van der Waals surface area contributed by atoms with Gasteiger partial charge in [0, 0.05) is 37.8 Å². The summed E-state index contributed by atoms with van der Waals surface area (Å²) in [4.78, 5) is 26.6. The lowest BCUT2D eigenvalue weighted by molar-refractivity contribution is -0.384. The molecule has 3 N–H and O–H groups in total. The molecular formula is C20H32IN5O4. The van der Waals surface area contributed by atoms with E-state index in [1.807, 2.05) is 26.8 Å². The molecule has 2 rings (SSSR count). The van der Waals surface area contributed by atoms with Crippen LogP contribution in [0.2, 0.25) is 0 Å². The predicted octanol–water partition coefficient (Wildman–Crippen LogP) is 3.71. The second-order valence-electron chi connectivity index (χ2n) is 8.19. The Kier molecular flexibility index (Phi) is 10.3. The molecule has 0 atom stereocenters. The smallest absolute Gasteiger partial charge is 0.407 e. The van der Waals surface area contributed by atoms with Crippen LogP contribution < -0.4 is 16.0 Å². The van der Waals surface area contributed by atoms with Crippen LogP contribution in [0.25, 0.3) is 0 Å². The Balaban J connectivity index is 0.00000450. The standard InChI is InChI=1S/C20H31N5O4.HI/c1-20(2,3)29-19(26)24-16-10-8-15(9-11-16)23-18(21-4)22-13-14-6-5-7-17(12-14)25(27)28;/h5-7,12,15-16H,8-11,13H2,1-4H3,(H,24,26)(H2,21,22,23);1H. The molecule has 0 aliphatic heterocycles. The van der Waals surface area contributed by atoms with Gasteiger partial charge in [-0.1, -0.05) is 12.1 Å². The molecule has 1 amide bonds. The highest BCUT2D eigenvalue weighted by Crippen LogP contribution is 2.19. The normalized spacial score (nSPS) is 19.3. The SMILES string of the molecule is CN=C(NCc1cccc([N+](=O)[O-])c1)NC1CCC(NC(=O)OC(C)(C)C)CC1.I. The van der Waals surface area contributed by atoms with E-state index in [0.29, 0.717) is 12.5 Å². The fourth-order valence-corrected chi connectivity index (χ4v) is 3.21. The zero-order valence-corrected chi connectivity index (χ0v) is 20.3. The summed E-state index contributed by atoms with van der Waals surface area (Å²) in [5.41, 5.74) is 0.385. The fourth-order valence-electron chi connectivity index (χ4n) is 3.21. The van der Waals surface area contributed by atoms with Crippen LogP contribution in [0.5, 0.6) is 0 Å². The number of hydrogen-bond donors (Lipinski definition) is 3. The number of alkyl carbamates (subject to hydrolysis) is 1. The summed E-state index contributed by atoms with van der Waals surface area (Å²) in [5, 5.41) is 20.4. The Labute approximate surface area is 194 Å². The number of nitrogens with zero attached hydrogens (tertiary/aromatic N) is 2.